The maximum Gasteiger partial charge on any atom is 0.327 e. The molecule has 2 N–H and O–H groups in total. The van der Waals surface area contributed by atoms with Gasteiger partial charge in [-0.15, -0.1) is 0 Å². The van der Waals surface area contributed by atoms with E-state index in [1.54, 1.807) is 6.92 Å². The van der Waals surface area contributed by atoms with Crippen LogP contribution < -0.4 is 5.73 Å². The number of esters is 1. The van der Waals surface area contributed by atoms with Crippen LogP contribution in [0.1, 0.15) is 29.7 Å². The summed E-state index contributed by atoms with van der Waals surface area (Å²) in [5.74, 6) is -0.369. The van der Waals surface area contributed by atoms with Crippen molar-refractivity contribution in [1.29, 1.82) is 0 Å². The van der Waals surface area contributed by atoms with Crippen LogP contribution in [0.5, 0.6) is 0 Å². The summed E-state index contributed by atoms with van der Waals surface area (Å²) in [5.41, 5.74) is 8.85. The highest BCUT2D eigenvalue weighted by Gasteiger charge is 2.18. The van der Waals surface area contributed by atoms with Gasteiger partial charge in [-0.2, -0.15) is 0 Å². The summed E-state index contributed by atoms with van der Waals surface area (Å²) in [6.45, 7) is 6.09. The Morgan fingerprint density at radius 2 is 2.13 bits per heavy atom. The maximum atomic E-state index is 11.5. The predicted molar refractivity (Wildman–Crippen MR) is 59.5 cm³/mol. The molecule has 0 radical (unpaired) electrons. The first kappa shape index (κ1) is 11.7. The second-order valence-corrected chi connectivity index (χ2v) is 3.52. The molecule has 0 aliphatic heterocycles. The fourth-order valence-corrected chi connectivity index (χ4v) is 1.47. The van der Waals surface area contributed by atoms with Crippen LogP contribution in [0.15, 0.2) is 18.2 Å². The van der Waals surface area contributed by atoms with Crippen LogP contribution in [-0.2, 0) is 9.53 Å². The van der Waals surface area contributed by atoms with Crippen LogP contribution in [0.25, 0.3) is 0 Å². The molecule has 0 aliphatic carbocycles. The van der Waals surface area contributed by atoms with E-state index in [2.05, 4.69) is 0 Å². The van der Waals surface area contributed by atoms with E-state index in [1.165, 1.54) is 0 Å². The normalized spacial score (nSPS) is 12.3. The molecule has 1 unspecified atom stereocenters. The number of carbonyl (C=O) groups is 1. The van der Waals surface area contributed by atoms with E-state index in [4.69, 9.17) is 10.5 Å². The molecule has 3 nitrogen and oxygen atoms in total. The van der Waals surface area contributed by atoms with Crippen LogP contribution in [0, 0.1) is 13.8 Å². The third-order valence-corrected chi connectivity index (χ3v) is 2.52. The van der Waals surface area contributed by atoms with E-state index in [0.29, 0.717) is 6.61 Å². The Hall–Kier alpha value is -1.35. The summed E-state index contributed by atoms with van der Waals surface area (Å²) in [6.07, 6.45) is 0. The quantitative estimate of drug-likeness (QED) is 0.770. The van der Waals surface area contributed by atoms with Crippen LogP contribution in [0.4, 0.5) is 0 Å². The third kappa shape index (κ3) is 2.57. The van der Waals surface area contributed by atoms with Gasteiger partial charge in [0.1, 0.15) is 6.04 Å². The molecule has 0 bridgehead atoms. The first-order valence-electron chi connectivity index (χ1n) is 5.06. The number of nitrogens with two attached hydrogens (primary N) is 1. The highest BCUT2D eigenvalue weighted by Crippen LogP contribution is 2.19. The van der Waals surface area contributed by atoms with Crippen molar-refractivity contribution in [2.24, 2.45) is 5.73 Å². The van der Waals surface area contributed by atoms with Gasteiger partial charge >= 0.3 is 5.97 Å². The molecule has 0 saturated carbocycles. The number of aryl methyl sites for hydroxylation is 1. The maximum absolute atomic E-state index is 11.5. The summed E-state index contributed by atoms with van der Waals surface area (Å²) in [7, 11) is 0. The largest absolute Gasteiger partial charge is 0.465 e. The molecule has 15 heavy (non-hydrogen) atoms. The molecule has 0 fully saturated rings. The molecule has 1 atom stereocenters. The Bertz CT molecular complexity index is 361. The van der Waals surface area contributed by atoms with Gasteiger partial charge < -0.3 is 10.5 Å². The van der Waals surface area contributed by atoms with Gasteiger partial charge in [0, 0.05) is 0 Å². The van der Waals surface area contributed by atoms with E-state index in [-0.39, 0.29) is 5.97 Å². The molecule has 0 aromatic heterocycles. The molecule has 3 heteroatoms. The minimum atomic E-state index is -0.676. The average Bonchev–Trinajstić information content (AvgIpc) is 2.21. The van der Waals surface area contributed by atoms with Crippen molar-refractivity contribution in [3.05, 3.63) is 34.9 Å². The van der Waals surface area contributed by atoms with Gasteiger partial charge in [0.15, 0.2) is 0 Å². The minimum Gasteiger partial charge on any atom is -0.465 e. The standard InChI is InChI=1S/C12H17NO2/c1-4-15-12(14)11(13)10-7-5-6-8(2)9(10)3/h5-7,11H,4,13H2,1-3H3. The highest BCUT2D eigenvalue weighted by molar-refractivity contribution is 5.78. The van der Waals surface area contributed by atoms with Crippen molar-refractivity contribution in [2.45, 2.75) is 26.8 Å². The predicted octanol–water partition coefficient (Wildman–Crippen LogP) is 1.87. The average molecular weight is 207 g/mol. The van der Waals surface area contributed by atoms with Crippen LogP contribution >= 0.6 is 0 Å². The molecule has 0 saturated heterocycles. The zero-order valence-electron chi connectivity index (χ0n) is 9.41. The van der Waals surface area contributed by atoms with Crippen molar-refractivity contribution in [3.63, 3.8) is 0 Å². The second-order valence-electron chi connectivity index (χ2n) is 3.52. The van der Waals surface area contributed by atoms with E-state index in [1.807, 2.05) is 32.0 Å². The lowest BCUT2D eigenvalue weighted by Gasteiger charge is -2.14. The van der Waals surface area contributed by atoms with Gasteiger partial charge in [-0.1, -0.05) is 18.2 Å². The summed E-state index contributed by atoms with van der Waals surface area (Å²) >= 11 is 0. The Morgan fingerprint density at radius 1 is 1.47 bits per heavy atom. The molecule has 82 valence electrons. The van der Waals surface area contributed by atoms with Crippen LogP contribution in [0.3, 0.4) is 0 Å². The molecular weight excluding hydrogens is 190 g/mol. The molecule has 1 aromatic carbocycles. The number of carbonyl (C=O) groups excluding carboxylic acids is 1. The fraction of sp³-hybridized carbons (Fsp3) is 0.417. The van der Waals surface area contributed by atoms with Gasteiger partial charge in [-0.3, -0.25) is 0 Å². The first-order valence-corrected chi connectivity index (χ1v) is 5.06. The molecular formula is C12H17NO2. The van der Waals surface area contributed by atoms with Crippen molar-refractivity contribution < 1.29 is 9.53 Å². The monoisotopic (exact) mass is 207 g/mol. The van der Waals surface area contributed by atoms with Crippen LogP contribution in [0.2, 0.25) is 0 Å². The van der Waals surface area contributed by atoms with Crippen molar-refractivity contribution in [3.8, 4) is 0 Å². The third-order valence-electron chi connectivity index (χ3n) is 2.52. The number of rotatable bonds is 3. The summed E-state index contributed by atoms with van der Waals surface area (Å²) < 4.78 is 4.89. The van der Waals surface area contributed by atoms with Crippen molar-refractivity contribution in [1.82, 2.24) is 0 Å². The van der Waals surface area contributed by atoms with Gasteiger partial charge in [-0.05, 0) is 37.5 Å². The smallest absolute Gasteiger partial charge is 0.327 e. The van der Waals surface area contributed by atoms with Crippen LogP contribution in [-0.4, -0.2) is 12.6 Å². The minimum absolute atomic E-state index is 0.359. The Kier molecular flexibility index (Phi) is 3.86. The fourth-order valence-electron chi connectivity index (χ4n) is 1.47. The molecule has 0 heterocycles. The molecule has 0 spiro atoms. The lowest BCUT2D eigenvalue weighted by molar-refractivity contribution is -0.144. The second kappa shape index (κ2) is 4.94. The van der Waals surface area contributed by atoms with Gasteiger partial charge in [-0.25, -0.2) is 4.79 Å². The number of benzene rings is 1. The summed E-state index contributed by atoms with van der Waals surface area (Å²) in [5, 5.41) is 0. The van der Waals surface area contributed by atoms with E-state index in [0.717, 1.165) is 16.7 Å². The lowest BCUT2D eigenvalue weighted by atomic mass is 9.98. The van der Waals surface area contributed by atoms with E-state index >= 15 is 0 Å². The zero-order valence-corrected chi connectivity index (χ0v) is 9.41. The highest BCUT2D eigenvalue weighted by atomic mass is 16.5. The summed E-state index contributed by atoms with van der Waals surface area (Å²) in [4.78, 5) is 11.5. The zero-order chi connectivity index (χ0) is 11.4. The van der Waals surface area contributed by atoms with Crippen molar-refractivity contribution in [2.75, 3.05) is 6.61 Å². The molecule has 1 aromatic rings. The topological polar surface area (TPSA) is 52.3 Å². The number of hydrogen-bond acceptors (Lipinski definition) is 3. The Balaban J connectivity index is 2.96. The molecule has 1 rings (SSSR count). The van der Waals surface area contributed by atoms with Gasteiger partial charge in [0.05, 0.1) is 6.61 Å². The summed E-state index contributed by atoms with van der Waals surface area (Å²) in [6, 6.07) is 5.09. The first-order chi connectivity index (χ1) is 7.07. The van der Waals surface area contributed by atoms with E-state index in [9.17, 15) is 4.79 Å². The number of ether oxygens (including phenoxy) is 1. The van der Waals surface area contributed by atoms with Gasteiger partial charge in [0.2, 0.25) is 0 Å². The lowest BCUT2D eigenvalue weighted by Crippen LogP contribution is -2.24. The Labute approximate surface area is 90.2 Å². The Morgan fingerprint density at radius 3 is 2.73 bits per heavy atom. The molecule has 0 amide bonds. The van der Waals surface area contributed by atoms with Crippen molar-refractivity contribution >= 4 is 5.97 Å². The molecule has 0 aliphatic rings. The van der Waals surface area contributed by atoms with E-state index < -0.39 is 6.04 Å². The van der Waals surface area contributed by atoms with Gasteiger partial charge in [0.25, 0.3) is 0 Å². The SMILES string of the molecule is CCOC(=O)C(N)c1cccc(C)c1C. The number of hydrogen-bond donors (Lipinski definition) is 1.